The summed E-state index contributed by atoms with van der Waals surface area (Å²) < 4.78 is 0. The topological polar surface area (TPSA) is 73.1 Å². The van der Waals surface area contributed by atoms with Gasteiger partial charge in [0.05, 0.1) is 11.6 Å². The van der Waals surface area contributed by atoms with E-state index in [0.717, 1.165) is 56.5 Å². The number of carbonyl (C=O) groups excluding carboxylic acids is 1. The third kappa shape index (κ3) is 3.90. The smallest absolute Gasteiger partial charge is 0.240 e. The highest BCUT2D eigenvalue weighted by atomic mass is 16.2. The normalized spacial score (nSPS) is 19.2. The maximum Gasteiger partial charge on any atom is 0.240 e. The molecule has 0 aliphatic carbocycles. The average Bonchev–Trinajstić information content (AvgIpc) is 3.25. The van der Waals surface area contributed by atoms with Crippen molar-refractivity contribution in [2.75, 3.05) is 13.1 Å². The summed E-state index contributed by atoms with van der Waals surface area (Å²) >= 11 is 0. The van der Waals surface area contributed by atoms with Gasteiger partial charge in [-0.2, -0.15) is 0 Å². The van der Waals surface area contributed by atoms with Crippen molar-refractivity contribution < 1.29 is 4.79 Å². The lowest BCUT2D eigenvalue weighted by Gasteiger charge is -2.36. The van der Waals surface area contributed by atoms with Crippen LogP contribution in [0.2, 0.25) is 0 Å². The maximum atomic E-state index is 13.3. The van der Waals surface area contributed by atoms with Gasteiger partial charge in [0.15, 0.2) is 0 Å². The number of H-pyrrole nitrogens is 1. The van der Waals surface area contributed by atoms with Crippen molar-refractivity contribution in [3.63, 3.8) is 0 Å². The van der Waals surface area contributed by atoms with Crippen molar-refractivity contribution in [1.82, 2.24) is 25.5 Å². The summed E-state index contributed by atoms with van der Waals surface area (Å²) in [6.07, 6.45) is 4.61. The highest BCUT2D eigenvalue weighted by molar-refractivity contribution is 5.88. The molecule has 2 aromatic carbocycles. The van der Waals surface area contributed by atoms with Crippen molar-refractivity contribution in [3.8, 4) is 0 Å². The van der Waals surface area contributed by atoms with Gasteiger partial charge in [-0.25, -0.2) is 0 Å². The van der Waals surface area contributed by atoms with Crippen LogP contribution in [-0.4, -0.2) is 45.9 Å². The second-order valence-corrected chi connectivity index (χ2v) is 9.23. The molecule has 4 heterocycles. The van der Waals surface area contributed by atoms with Crippen molar-refractivity contribution in [2.24, 2.45) is 0 Å². The van der Waals surface area contributed by atoms with Gasteiger partial charge in [-0.1, -0.05) is 36.4 Å². The first-order chi connectivity index (χ1) is 16.3. The summed E-state index contributed by atoms with van der Waals surface area (Å²) in [5.41, 5.74) is 5.98. The predicted octanol–water partition coefficient (Wildman–Crippen LogP) is 3.51. The first kappa shape index (κ1) is 20.4. The third-order valence-electron chi connectivity index (χ3n) is 7.26. The number of aromatic nitrogens is 2. The minimum Gasteiger partial charge on any atom is -0.357 e. The van der Waals surface area contributed by atoms with Gasteiger partial charge in [-0.3, -0.25) is 15.1 Å². The van der Waals surface area contributed by atoms with Gasteiger partial charge in [0.25, 0.3) is 0 Å². The summed E-state index contributed by atoms with van der Waals surface area (Å²) in [5, 5.41) is 9.63. The van der Waals surface area contributed by atoms with E-state index in [4.69, 9.17) is 0 Å². The zero-order chi connectivity index (χ0) is 22.2. The van der Waals surface area contributed by atoms with Crippen LogP contribution in [0.25, 0.3) is 21.8 Å². The van der Waals surface area contributed by atoms with Crippen LogP contribution in [0.15, 0.2) is 60.8 Å². The Labute approximate surface area is 193 Å². The van der Waals surface area contributed by atoms with E-state index in [9.17, 15) is 4.79 Å². The number of aromatic amines is 1. The zero-order valence-corrected chi connectivity index (χ0v) is 18.7. The molecule has 1 saturated heterocycles. The summed E-state index contributed by atoms with van der Waals surface area (Å²) in [6, 6.07) is 19.1. The van der Waals surface area contributed by atoms with Crippen molar-refractivity contribution in [1.29, 1.82) is 0 Å². The Morgan fingerprint density at radius 3 is 2.70 bits per heavy atom. The summed E-state index contributed by atoms with van der Waals surface area (Å²) in [5.74, 6) is 0.240. The number of hydrogen-bond acceptors (Lipinski definition) is 4. The van der Waals surface area contributed by atoms with Gasteiger partial charge < -0.3 is 15.2 Å². The van der Waals surface area contributed by atoms with E-state index in [0.29, 0.717) is 6.04 Å². The highest BCUT2D eigenvalue weighted by Crippen LogP contribution is 2.27. The number of hydrogen-bond donors (Lipinski definition) is 3. The van der Waals surface area contributed by atoms with Gasteiger partial charge >= 0.3 is 0 Å². The van der Waals surface area contributed by atoms with Crippen LogP contribution in [0.3, 0.4) is 0 Å². The SMILES string of the molecule is O=C([C@@H]1Cc2c([nH]c3ccccc23)CN1)N1CCC(NCc2ccnc3ccccc23)CC1. The Hall–Kier alpha value is -3.22. The molecule has 1 amide bonds. The molecule has 4 aromatic rings. The van der Waals surface area contributed by atoms with Crippen LogP contribution < -0.4 is 10.6 Å². The van der Waals surface area contributed by atoms with Crippen molar-refractivity contribution in [3.05, 3.63) is 77.6 Å². The number of rotatable bonds is 4. The Kier molecular flexibility index (Phi) is 5.32. The molecule has 2 aromatic heterocycles. The van der Waals surface area contributed by atoms with E-state index in [-0.39, 0.29) is 11.9 Å². The molecule has 1 atom stereocenters. The molecule has 2 aliphatic rings. The zero-order valence-electron chi connectivity index (χ0n) is 18.7. The van der Waals surface area contributed by atoms with Crippen LogP contribution >= 0.6 is 0 Å². The Bertz CT molecular complexity index is 1300. The van der Waals surface area contributed by atoms with E-state index in [1.165, 1.54) is 27.6 Å². The molecule has 0 unspecified atom stereocenters. The Morgan fingerprint density at radius 1 is 1.03 bits per heavy atom. The molecule has 0 bridgehead atoms. The maximum absolute atomic E-state index is 13.3. The number of likely N-dealkylation sites (tertiary alicyclic amines) is 1. The molecule has 2 aliphatic heterocycles. The predicted molar refractivity (Wildman–Crippen MR) is 131 cm³/mol. The minimum atomic E-state index is -0.135. The van der Waals surface area contributed by atoms with Gasteiger partial charge in [0.2, 0.25) is 5.91 Å². The minimum absolute atomic E-state index is 0.135. The molecular weight excluding hydrogens is 410 g/mol. The molecule has 1 fully saturated rings. The van der Waals surface area contributed by atoms with Crippen LogP contribution in [-0.2, 0) is 24.3 Å². The molecule has 6 heteroatoms. The van der Waals surface area contributed by atoms with Crippen LogP contribution in [0.4, 0.5) is 0 Å². The second kappa shape index (κ2) is 8.61. The van der Waals surface area contributed by atoms with E-state index in [2.05, 4.69) is 74.0 Å². The number of carbonyl (C=O) groups is 1. The summed E-state index contributed by atoms with van der Waals surface area (Å²) in [7, 11) is 0. The van der Waals surface area contributed by atoms with Crippen LogP contribution in [0.5, 0.6) is 0 Å². The van der Waals surface area contributed by atoms with Crippen LogP contribution in [0, 0.1) is 0 Å². The largest absolute Gasteiger partial charge is 0.357 e. The first-order valence-electron chi connectivity index (χ1n) is 11.9. The average molecular weight is 440 g/mol. The number of amides is 1. The lowest BCUT2D eigenvalue weighted by atomic mass is 9.96. The van der Waals surface area contributed by atoms with E-state index >= 15 is 0 Å². The molecule has 168 valence electrons. The molecule has 3 N–H and O–H groups in total. The summed E-state index contributed by atoms with van der Waals surface area (Å²) in [4.78, 5) is 23.3. The Morgan fingerprint density at radius 2 is 1.82 bits per heavy atom. The molecule has 0 spiro atoms. The molecule has 6 rings (SSSR count). The first-order valence-corrected chi connectivity index (χ1v) is 11.9. The Balaban J connectivity index is 1.06. The third-order valence-corrected chi connectivity index (χ3v) is 7.26. The van der Waals surface area contributed by atoms with Gasteiger partial charge in [0.1, 0.15) is 0 Å². The van der Waals surface area contributed by atoms with Gasteiger partial charge in [0, 0.05) is 60.4 Å². The number of piperidine rings is 1. The van der Waals surface area contributed by atoms with E-state index < -0.39 is 0 Å². The standard InChI is InChI=1S/C27H29N5O/c33-27(25-15-22-21-6-2-4-8-24(21)31-26(22)17-30-25)32-13-10-19(11-14-32)29-16-18-9-12-28-23-7-3-1-5-20(18)23/h1-9,12,19,25,29-31H,10-11,13-17H2/t25-/m0/s1. The highest BCUT2D eigenvalue weighted by Gasteiger charge is 2.31. The molecule has 33 heavy (non-hydrogen) atoms. The molecule has 0 radical (unpaired) electrons. The summed E-state index contributed by atoms with van der Waals surface area (Å²) in [6.45, 7) is 3.17. The van der Waals surface area contributed by atoms with Gasteiger partial charge in [-0.15, -0.1) is 0 Å². The van der Waals surface area contributed by atoms with E-state index in [1.807, 2.05) is 12.3 Å². The lowest BCUT2D eigenvalue weighted by Crippen LogP contribution is -2.53. The number of fused-ring (bicyclic) bond motifs is 4. The number of benzene rings is 2. The van der Waals surface area contributed by atoms with Crippen LogP contribution in [0.1, 0.15) is 29.7 Å². The van der Waals surface area contributed by atoms with E-state index in [1.54, 1.807) is 0 Å². The van der Waals surface area contributed by atoms with Crippen molar-refractivity contribution in [2.45, 2.75) is 44.4 Å². The fourth-order valence-corrected chi connectivity index (χ4v) is 5.40. The van der Waals surface area contributed by atoms with Crippen molar-refractivity contribution >= 4 is 27.7 Å². The number of pyridine rings is 1. The monoisotopic (exact) mass is 439 g/mol. The van der Waals surface area contributed by atoms with Gasteiger partial charge in [-0.05, 0) is 48.6 Å². The fraction of sp³-hybridized carbons (Fsp3) is 0.333. The molecule has 6 nitrogen and oxygen atoms in total. The molecule has 0 saturated carbocycles. The lowest BCUT2D eigenvalue weighted by molar-refractivity contribution is -0.134. The number of nitrogens with one attached hydrogen (secondary N) is 3. The number of para-hydroxylation sites is 2. The quantitative estimate of drug-likeness (QED) is 0.455. The number of nitrogens with zero attached hydrogens (tertiary/aromatic N) is 2. The molecular formula is C27H29N5O. The second-order valence-electron chi connectivity index (χ2n) is 9.23. The fourth-order valence-electron chi connectivity index (χ4n) is 5.40.